The summed E-state index contributed by atoms with van der Waals surface area (Å²) in [7, 11) is -3.17. The number of nitrogens with zero attached hydrogens (tertiary/aromatic N) is 1. The molecular weight excluding hydrogens is 569 g/mol. The number of carbonyl (C=O) groups is 2. The van der Waals surface area contributed by atoms with E-state index in [2.05, 4.69) is 22.3 Å². The minimum Gasteiger partial charge on any atom is -0.480 e. The van der Waals surface area contributed by atoms with Crippen LogP contribution in [0.5, 0.6) is 0 Å². The van der Waals surface area contributed by atoms with Gasteiger partial charge in [0.15, 0.2) is 0 Å². The van der Waals surface area contributed by atoms with Crippen molar-refractivity contribution in [3.05, 3.63) is 95.1 Å². The third-order valence-corrected chi connectivity index (χ3v) is 9.56. The third kappa shape index (κ3) is 8.46. The average molecular weight is 609 g/mol. The first kappa shape index (κ1) is 31.8. The van der Waals surface area contributed by atoms with E-state index in [1.807, 2.05) is 67.8 Å². The van der Waals surface area contributed by atoms with Gasteiger partial charge >= 0.3 is 5.97 Å². The van der Waals surface area contributed by atoms with Crippen LogP contribution >= 0.6 is 11.8 Å². The molecule has 3 aromatic carbocycles. The molecule has 0 aromatic heterocycles. The van der Waals surface area contributed by atoms with Crippen molar-refractivity contribution in [1.82, 2.24) is 10.2 Å². The summed E-state index contributed by atoms with van der Waals surface area (Å²) in [4.78, 5) is 27.7. The fourth-order valence-electron chi connectivity index (χ4n) is 5.83. The smallest absolute Gasteiger partial charge is 0.326 e. The summed E-state index contributed by atoms with van der Waals surface area (Å²) in [6.45, 7) is 2.53. The van der Waals surface area contributed by atoms with Gasteiger partial charge in [0, 0.05) is 30.4 Å². The summed E-state index contributed by atoms with van der Waals surface area (Å²) < 4.78 is 24.7. The lowest BCUT2D eigenvalue weighted by molar-refractivity contribution is -0.139. The molecule has 1 aliphatic rings. The van der Waals surface area contributed by atoms with Gasteiger partial charge in [0.25, 0.3) is 5.91 Å². The van der Waals surface area contributed by atoms with Crippen LogP contribution in [-0.4, -0.2) is 72.4 Å². The van der Waals surface area contributed by atoms with E-state index in [4.69, 9.17) is 0 Å². The molecule has 9 heteroatoms. The van der Waals surface area contributed by atoms with Crippen LogP contribution in [0.4, 0.5) is 0 Å². The number of hydrogen-bond acceptors (Lipinski definition) is 6. The van der Waals surface area contributed by atoms with Gasteiger partial charge in [0.1, 0.15) is 15.9 Å². The fraction of sp³-hybridized carbons (Fsp3) is 0.394. The fourth-order valence-corrected chi connectivity index (χ4v) is 7.36. The number of sulfone groups is 1. The van der Waals surface area contributed by atoms with Crippen LogP contribution in [0.2, 0.25) is 0 Å². The van der Waals surface area contributed by atoms with E-state index in [9.17, 15) is 23.1 Å². The van der Waals surface area contributed by atoms with E-state index in [-0.39, 0.29) is 17.8 Å². The normalized spacial score (nSPS) is 18.1. The maximum atomic E-state index is 13.5. The number of hydrogen-bond donors (Lipinski definition) is 2. The first-order chi connectivity index (χ1) is 20.1. The largest absolute Gasteiger partial charge is 0.480 e. The molecule has 4 rings (SSSR count). The Morgan fingerprint density at radius 3 is 2.33 bits per heavy atom. The first-order valence-corrected chi connectivity index (χ1v) is 17.7. The Morgan fingerprint density at radius 2 is 1.67 bits per heavy atom. The van der Waals surface area contributed by atoms with Crippen LogP contribution in [0.1, 0.15) is 46.3 Å². The second-order valence-corrected chi connectivity index (χ2v) is 14.4. The van der Waals surface area contributed by atoms with Crippen LogP contribution in [0.25, 0.3) is 11.1 Å². The van der Waals surface area contributed by atoms with Crippen molar-refractivity contribution in [2.24, 2.45) is 0 Å². The van der Waals surface area contributed by atoms with E-state index >= 15 is 0 Å². The summed E-state index contributed by atoms with van der Waals surface area (Å²) in [5.74, 6) is -0.751. The first-order valence-electron chi connectivity index (χ1n) is 14.2. The molecule has 3 atom stereocenters. The zero-order valence-electron chi connectivity index (χ0n) is 24.5. The second-order valence-electron chi connectivity index (χ2n) is 11.2. The molecule has 0 bridgehead atoms. The van der Waals surface area contributed by atoms with Crippen molar-refractivity contribution in [2.45, 2.75) is 57.3 Å². The van der Waals surface area contributed by atoms with Gasteiger partial charge in [-0.05, 0) is 84.6 Å². The van der Waals surface area contributed by atoms with E-state index in [0.717, 1.165) is 41.5 Å². The molecule has 0 aliphatic carbocycles. The Hall–Kier alpha value is -3.14. The van der Waals surface area contributed by atoms with Crippen LogP contribution in [-0.2, 0) is 27.6 Å². The van der Waals surface area contributed by atoms with E-state index < -0.39 is 27.8 Å². The predicted octanol–water partition coefficient (Wildman–Crippen LogP) is 5.22. The summed E-state index contributed by atoms with van der Waals surface area (Å²) in [6, 6.07) is 22.9. The lowest BCUT2D eigenvalue weighted by atomic mass is 9.93. The zero-order chi connectivity index (χ0) is 30.3. The number of benzene rings is 3. The van der Waals surface area contributed by atoms with Crippen LogP contribution in [0.3, 0.4) is 0 Å². The molecule has 3 aromatic rings. The molecular formula is C33H40N2O5S2. The summed E-state index contributed by atoms with van der Waals surface area (Å²) in [5, 5.41) is 12.4. The lowest BCUT2D eigenvalue weighted by Gasteiger charge is -2.30. The number of aliphatic carboxylic acids is 1. The Kier molecular flexibility index (Phi) is 10.9. The summed E-state index contributed by atoms with van der Waals surface area (Å²) in [5.41, 5.74) is 5.23. The number of likely N-dealkylation sites (tertiary alicyclic amines) is 1. The topological polar surface area (TPSA) is 104 Å². The van der Waals surface area contributed by atoms with Crippen LogP contribution in [0, 0.1) is 6.92 Å². The maximum absolute atomic E-state index is 13.5. The SMILES string of the molecule is CSCC[C@H](NC(=O)c1ccc(CN2[C@@H](Cc3ccccc3)CC[C@@H]2CS(C)(=O)=O)cc1-c1ccccc1C)C(=O)O. The van der Waals surface area contributed by atoms with E-state index in [0.29, 0.717) is 24.3 Å². The average Bonchev–Trinajstić information content (AvgIpc) is 3.30. The maximum Gasteiger partial charge on any atom is 0.326 e. The third-order valence-electron chi connectivity index (χ3n) is 7.92. The van der Waals surface area contributed by atoms with Crippen molar-refractivity contribution in [1.29, 1.82) is 0 Å². The number of carboxylic acids is 1. The molecule has 0 saturated carbocycles. The summed E-state index contributed by atoms with van der Waals surface area (Å²) >= 11 is 1.54. The molecule has 7 nitrogen and oxygen atoms in total. The number of amides is 1. The molecule has 42 heavy (non-hydrogen) atoms. The van der Waals surface area contributed by atoms with Gasteiger partial charge in [-0.15, -0.1) is 0 Å². The molecule has 1 saturated heterocycles. The Morgan fingerprint density at radius 1 is 0.976 bits per heavy atom. The Bertz CT molecular complexity index is 1490. The number of carbonyl (C=O) groups excluding carboxylic acids is 1. The molecule has 1 heterocycles. The molecule has 224 valence electrons. The summed E-state index contributed by atoms with van der Waals surface area (Å²) in [6.07, 6.45) is 6.08. The van der Waals surface area contributed by atoms with Crippen molar-refractivity contribution in [3.8, 4) is 11.1 Å². The molecule has 1 amide bonds. The number of rotatable bonds is 13. The van der Waals surface area contributed by atoms with Gasteiger partial charge in [0.05, 0.1) is 5.75 Å². The Labute approximate surface area is 253 Å². The zero-order valence-corrected chi connectivity index (χ0v) is 26.1. The highest BCUT2D eigenvalue weighted by molar-refractivity contribution is 7.98. The molecule has 1 fully saturated rings. The molecule has 2 N–H and O–H groups in total. The molecule has 0 spiro atoms. The van der Waals surface area contributed by atoms with Crippen molar-refractivity contribution < 1.29 is 23.1 Å². The highest BCUT2D eigenvalue weighted by atomic mass is 32.2. The second kappa shape index (κ2) is 14.4. The monoisotopic (exact) mass is 608 g/mol. The van der Waals surface area contributed by atoms with E-state index in [1.165, 1.54) is 23.6 Å². The predicted molar refractivity (Wildman–Crippen MR) is 171 cm³/mol. The number of nitrogens with one attached hydrogen (secondary N) is 1. The Balaban J connectivity index is 1.68. The number of thioether (sulfide) groups is 1. The van der Waals surface area contributed by atoms with Gasteiger partial charge in [-0.1, -0.05) is 60.7 Å². The van der Waals surface area contributed by atoms with Gasteiger partial charge in [0.2, 0.25) is 0 Å². The van der Waals surface area contributed by atoms with Gasteiger partial charge in [-0.3, -0.25) is 9.69 Å². The van der Waals surface area contributed by atoms with Gasteiger partial charge < -0.3 is 10.4 Å². The highest BCUT2D eigenvalue weighted by Crippen LogP contribution is 2.33. The lowest BCUT2D eigenvalue weighted by Crippen LogP contribution is -2.41. The highest BCUT2D eigenvalue weighted by Gasteiger charge is 2.35. The van der Waals surface area contributed by atoms with Crippen molar-refractivity contribution >= 4 is 33.5 Å². The molecule has 1 aliphatic heterocycles. The standard InChI is InChI=1S/C33H40N2O5S2/c1-23-9-7-8-12-28(23)30-20-25(13-16-29(30)32(36)34-31(33(37)38)17-18-41-2)21-35-26(19-24-10-5-4-6-11-24)14-15-27(35)22-42(3,39)40/h4-13,16,20,26-27,31H,14-15,17-19,21-22H2,1-3H3,(H,34,36)(H,37,38)/t26-,27-,31+/m1/s1. The minimum atomic E-state index is -3.17. The van der Waals surface area contributed by atoms with Crippen molar-refractivity contribution in [3.63, 3.8) is 0 Å². The van der Waals surface area contributed by atoms with Gasteiger partial charge in [-0.25, -0.2) is 13.2 Å². The quantitative estimate of drug-likeness (QED) is 0.274. The van der Waals surface area contributed by atoms with Gasteiger partial charge in [-0.2, -0.15) is 11.8 Å². The van der Waals surface area contributed by atoms with Crippen molar-refractivity contribution in [2.75, 3.05) is 24.0 Å². The number of aryl methyl sites for hydroxylation is 1. The minimum absolute atomic E-state index is 0.0913. The molecule has 0 radical (unpaired) electrons. The van der Waals surface area contributed by atoms with Crippen LogP contribution in [0.15, 0.2) is 72.8 Å². The van der Waals surface area contributed by atoms with Crippen LogP contribution < -0.4 is 5.32 Å². The molecule has 0 unspecified atom stereocenters. The van der Waals surface area contributed by atoms with E-state index in [1.54, 1.807) is 6.07 Å². The number of carboxylic acid groups (broad SMARTS) is 1.